The summed E-state index contributed by atoms with van der Waals surface area (Å²) in [7, 11) is 0. The van der Waals surface area contributed by atoms with Crippen LogP contribution in [0.2, 0.25) is 0 Å². The largest absolute Gasteiger partial charge is 0.341 e. The van der Waals surface area contributed by atoms with Gasteiger partial charge in [-0.1, -0.05) is 42.5 Å². The van der Waals surface area contributed by atoms with Crippen LogP contribution in [0.3, 0.4) is 0 Å². The lowest BCUT2D eigenvalue weighted by Gasteiger charge is -2.36. The molecule has 0 bridgehead atoms. The summed E-state index contributed by atoms with van der Waals surface area (Å²) in [5, 5.41) is 0. The Morgan fingerprint density at radius 2 is 1.70 bits per heavy atom. The number of hydrogen-bond donors (Lipinski definition) is 0. The number of piperidine rings is 1. The number of carbonyl (C=O) groups excluding carboxylic acids is 1. The Morgan fingerprint density at radius 1 is 1.00 bits per heavy atom. The molecule has 4 rings (SSSR count). The van der Waals surface area contributed by atoms with Crippen molar-refractivity contribution in [1.29, 1.82) is 0 Å². The van der Waals surface area contributed by atoms with Gasteiger partial charge in [0.05, 0.1) is 0 Å². The van der Waals surface area contributed by atoms with Crippen LogP contribution in [0.15, 0.2) is 48.6 Å². The number of allylic oxidation sites excluding steroid dienone is 1. The lowest BCUT2D eigenvalue weighted by atomic mass is 9.81. The number of aryl methyl sites for hydroxylation is 2. The van der Waals surface area contributed by atoms with E-state index in [1.165, 1.54) is 5.56 Å². The van der Waals surface area contributed by atoms with E-state index in [-0.39, 0.29) is 5.92 Å². The van der Waals surface area contributed by atoms with Crippen LogP contribution in [0.5, 0.6) is 0 Å². The van der Waals surface area contributed by atoms with Gasteiger partial charge in [-0.05, 0) is 57.1 Å². The van der Waals surface area contributed by atoms with E-state index >= 15 is 0 Å². The average molecular weight is 405 g/mol. The van der Waals surface area contributed by atoms with E-state index in [1.54, 1.807) is 0 Å². The molecular formula is C25H32N4O. The Labute approximate surface area is 179 Å². The quantitative estimate of drug-likeness (QED) is 0.708. The standard InChI is InChI=1S/C25H32N4O/c1-19-18-20(2)27-25(26-19)29-16-12-22(13-17-29)23-10-6-7-14-28(24(23)30)15-11-21-8-4-3-5-9-21/h3-9,18,22-23H,10-17H2,1-2H3. The van der Waals surface area contributed by atoms with E-state index in [9.17, 15) is 4.79 Å². The van der Waals surface area contributed by atoms with Crippen LogP contribution in [-0.4, -0.2) is 47.0 Å². The number of carbonyl (C=O) groups is 1. The zero-order chi connectivity index (χ0) is 20.9. The van der Waals surface area contributed by atoms with E-state index in [4.69, 9.17) is 0 Å². The van der Waals surface area contributed by atoms with Crippen molar-refractivity contribution < 1.29 is 4.79 Å². The molecule has 2 aliphatic heterocycles. The van der Waals surface area contributed by atoms with E-state index in [0.717, 1.165) is 69.2 Å². The maximum absolute atomic E-state index is 13.4. The summed E-state index contributed by atoms with van der Waals surface area (Å²) in [5.74, 6) is 1.70. The van der Waals surface area contributed by atoms with Crippen molar-refractivity contribution >= 4 is 11.9 Å². The SMILES string of the molecule is Cc1cc(C)nc(N2CCC(C3CC=CCN(CCc4ccccc4)C3=O)CC2)n1. The lowest BCUT2D eigenvalue weighted by molar-refractivity contribution is -0.136. The van der Waals surface area contributed by atoms with Gasteiger partial charge in [0.1, 0.15) is 0 Å². The van der Waals surface area contributed by atoms with Crippen molar-refractivity contribution in [1.82, 2.24) is 14.9 Å². The third kappa shape index (κ3) is 4.89. The Hall–Kier alpha value is -2.69. The number of anilines is 1. The Bertz CT molecular complexity index is 867. The molecule has 1 atom stereocenters. The first kappa shape index (κ1) is 20.6. The lowest BCUT2D eigenvalue weighted by Crippen LogP contribution is -2.43. The van der Waals surface area contributed by atoms with Gasteiger partial charge in [0.15, 0.2) is 0 Å². The molecule has 3 heterocycles. The number of benzene rings is 1. The summed E-state index contributed by atoms with van der Waals surface area (Å²) in [6, 6.07) is 12.5. The first-order valence-electron chi connectivity index (χ1n) is 11.1. The molecule has 5 heteroatoms. The molecule has 0 N–H and O–H groups in total. The first-order valence-corrected chi connectivity index (χ1v) is 11.1. The van der Waals surface area contributed by atoms with Gasteiger partial charge in [0.2, 0.25) is 11.9 Å². The molecule has 1 aromatic heterocycles. The minimum atomic E-state index is 0.0989. The zero-order valence-corrected chi connectivity index (χ0v) is 18.1. The molecule has 0 saturated carbocycles. The van der Waals surface area contributed by atoms with E-state index in [0.29, 0.717) is 11.8 Å². The second-order valence-corrected chi connectivity index (χ2v) is 8.61. The fourth-order valence-electron chi connectivity index (χ4n) is 4.72. The molecular weight excluding hydrogens is 372 g/mol. The minimum absolute atomic E-state index is 0.0989. The van der Waals surface area contributed by atoms with Crippen LogP contribution in [0.25, 0.3) is 0 Å². The van der Waals surface area contributed by atoms with Gasteiger partial charge in [0, 0.05) is 43.5 Å². The highest BCUT2D eigenvalue weighted by Gasteiger charge is 2.34. The highest BCUT2D eigenvalue weighted by molar-refractivity contribution is 5.80. The van der Waals surface area contributed by atoms with Crippen LogP contribution < -0.4 is 4.90 Å². The number of hydrogen-bond acceptors (Lipinski definition) is 4. The van der Waals surface area contributed by atoms with Crippen LogP contribution in [0.4, 0.5) is 5.95 Å². The first-order chi connectivity index (χ1) is 14.6. The van der Waals surface area contributed by atoms with Crippen molar-refractivity contribution in [3.05, 3.63) is 65.5 Å². The van der Waals surface area contributed by atoms with Gasteiger partial charge in [-0.3, -0.25) is 4.79 Å². The molecule has 0 spiro atoms. The fraction of sp³-hybridized carbons (Fsp3) is 0.480. The molecule has 1 aromatic carbocycles. The summed E-state index contributed by atoms with van der Waals surface area (Å²) >= 11 is 0. The van der Waals surface area contributed by atoms with Crippen LogP contribution >= 0.6 is 0 Å². The van der Waals surface area contributed by atoms with Crippen molar-refractivity contribution in [3.63, 3.8) is 0 Å². The summed E-state index contributed by atoms with van der Waals surface area (Å²) in [4.78, 5) is 26.9. The Balaban J connectivity index is 1.37. The highest BCUT2D eigenvalue weighted by atomic mass is 16.2. The summed E-state index contributed by atoms with van der Waals surface area (Å²) in [6.45, 7) is 7.41. The van der Waals surface area contributed by atoms with Gasteiger partial charge in [0.25, 0.3) is 0 Å². The second kappa shape index (κ2) is 9.41. The smallest absolute Gasteiger partial charge is 0.226 e. The molecule has 2 aromatic rings. The van der Waals surface area contributed by atoms with E-state index in [1.807, 2.05) is 26.0 Å². The topological polar surface area (TPSA) is 49.3 Å². The van der Waals surface area contributed by atoms with E-state index in [2.05, 4.69) is 56.2 Å². The predicted molar refractivity (Wildman–Crippen MR) is 120 cm³/mol. The normalized spacial score (nSPS) is 20.5. The maximum Gasteiger partial charge on any atom is 0.226 e. The summed E-state index contributed by atoms with van der Waals surface area (Å²) in [6.07, 6.45) is 8.20. The summed E-state index contributed by atoms with van der Waals surface area (Å²) in [5.41, 5.74) is 3.31. The molecule has 1 saturated heterocycles. The number of rotatable bonds is 5. The molecule has 2 aliphatic rings. The Morgan fingerprint density at radius 3 is 2.40 bits per heavy atom. The second-order valence-electron chi connectivity index (χ2n) is 8.61. The van der Waals surface area contributed by atoms with Crippen molar-refractivity contribution in [2.24, 2.45) is 11.8 Å². The maximum atomic E-state index is 13.4. The van der Waals surface area contributed by atoms with Gasteiger partial charge in [-0.25, -0.2) is 9.97 Å². The molecule has 0 radical (unpaired) electrons. The van der Waals surface area contributed by atoms with Crippen LogP contribution in [-0.2, 0) is 11.2 Å². The molecule has 1 amide bonds. The zero-order valence-electron chi connectivity index (χ0n) is 18.1. The van der Waals surface area contributed by atoms with Crippen molar-refractivity contribution in [3.8, 4) is 0 Å². The van der Waals surface area contributed by atoms with E-state index < -0.39 is 0 Å². The van der Waals surface area contributed by atoms with Crippen molar-refractivity contribution in [2.45, 2.75) is 39.5 Å². The van der Waals surface area contributed by atoms with Crippen LogP contribution in [0, 0.1) is 25.7 Å². The van der Waals surface area contributed by atoms with Crippen molar-refractivity contribution in [2.75, 3.05) is 31.1 Å². The van der Waals surface area contributed by atoms with Crippen LogP contribution in [0.1, 0.15) is 36.2 Å². The molecule has 0 aliphatic carbocycles. The third-order valence-corrected chi connectivity index (χ3v) is 6.39. The van der Waals surface area contributed by atoms with Gasteiger partial charge < -0.3 is 9.80 Å². The number of aromatic nitrogens is 2. The molecule has 1 unspecified atom stereocenters. The van der Waals surface area contributed by atoms with Gasteiger partial charge >= 0.3 is 0 Å². The number of nitrogens with zero attached hydrogens (tertiary/aromatic N) is 4. The summed E-state index contributed by atoms with van der Waals surface area (Å²) < 4.78 is 0. The molecule has 30 heavy (non-hydrogen) atoms. The fourth-order valence-corrected chi connectivity index (χ4v) is 4.72. The third-order valence-electron chi connectivity index (χ3n) is 6.39. The van der Waals surface area contributed by atoms with Gasteiger partial charge in [-0.2, -0.15) is 0 Å². The molecule has 1 fully saturated rings. The predicted octanol–water partition coefficient (Wildman–Crippen LogP) is 3.96. The molecule has 5 nitrogen and oxygen atoms in total. The minimum Gasteiger partial charge on any atom is -0.341 e. The van der Waals surface area contributed by atoms with Gasteiger partial charge in [-0.15, -0.1) is 0 Å². The average Bonchev–Trinajstić information content (AvgIpc) is 2.94. The highest BCUT2D eigenvalue weighted by Crippen LogP contribution is 2.31. The monoisotopic (exact) mass is 404 g/mol. The number of amides is 1. The molecule has 158 valence electrons. The Kier molecular flexibility index (Phi) is 6.46.